The number of aromatic nitrogens is 1. The van der Waals surface area contributed by atoms with Crippen LogP contribution in [0.5, 0.6) is 0 Å². The second-order valence-corrected chi connectivity index (χ2v) is 6.66. The molecule has 0 aliphatic carbocycles. The molecule has 1 aromatic carbocycles. The number of benzene rings is 1. The van der Waals surface area contributed by atoms with Crippen LogP contribution >= 0.6 is 0 Å². The summed E-state index contributed by atoms with van der Waals surface area (Å²) in [6.45, 7) is 3.26. The molecule has 2 aliphatic rings. The average Bonchev–Trinajstić information content (AvgIpc) is 2.61. The molecule has 1 atom stereocenters. The summed E-state index contributed by atoms with van der Waals surface area (Å²) < 4.78 is 13.4. The van der Waals surface area contributed by atoms with Crippen LogP contribution in [0.4, 0.5) is 4.39 Å². The molecule has 6 heteroatoms. The summed E-state index contributed by atoms with van der Waals surface area (Å²) in [4.78, 5) is 32.6. The Morgan fingerprint density at radius 2 is 2.08 bits per heavy atom. The Balaban J connectivity index is 1.63. The first-order valence-electron chi connectivity index (χ1n) is 8.48. The van der Waals surface area contributed by atoms with Gasteiger partial charge in [-0.2, -0.15) is 0 Å². The number of carbonyl (C=O) groups excluding carboxylic acids is 1. The Morgan fingerprint density at radius 1 is 1.21 bits per heavy atom. The van der Waals surface area contributed by atoms with Crippen LogP contribution in [0.2, 0.25) is 0 Å². The largest absolute Gasteiger partial charge is 0.360 e. The Bertz CT molecular complexity index is 848. The number of carbonyl (C=O) groups is 1. The minimum absolute atomic E-state index is 0.0948. The molecule has 1 aromatic heterocycles. The summed E-state index contributed by atoms with van der Waals surface area (Å²) in [7, 11) is 0. The summed E-state index contributed by atoms with van der Waals surface area (Å²) in [5, 5.41) is 0.220. The van der Waals surface area contributed by atoms with Gasteiger partial charge < -0.3 is 9.88 Å². The van der Waals surface area contributed by atoms with Gasteiger partial charge in [-0.05, 0) is 37.6 Å². The summed E-state index contributed by atoms with van der Waals surface area (Å²) in [5.74, 6) is -0.735. The third-order valence-electron chi connectivity index (χ3n) is 5.20. The van der Waals surface area contributed by atoms with E-state index in [1.54, 1.807) is 4.90 Å². The van der Waals surface area contributed by atoms with Crippen molar-refractivity contribution in [1.29, 1.82) is 0 Å². The minimum Gasteiger partial charge on any atom is -0.360 e. The number of piperazine rings is 1. The average molecular weight is 329 g/mol. The van der Waals surface area contributed by atoms with Gasteiger partial charge in [0.2, 0.25) is 5.43 Å². The maximum atomic E-state index is 13.4. The van der Waals surface area contributed by atoms with E-state index in [2.05, 4.69) is 9.88 Å². The van der Waals surface area contributed by atoms with Crippen molar-refractivity contribution in [1.82, 2.24) is 14.8 Å². The lowest BCUT2D eigenvalue weighted by Crippen LogP contribution is -2.56. The van der Waals surface area contributed by atoms with Gasteiger partial charge >= 0.3 is 0 Å². The number of aromatic amines is 1. The SMILES string of the molecule is O=C(c1c[nH]c2ccc(F)cc2c1=O)N1CCN2CCCC[C@@H]2C1. The summed E-state index contributed by atoms with van der Waals surface area (Å²) in [5.41, 5.74) is 0.228. The number of piperidine rings is 1. The molecule has 5 nitrogen and oxygen atoms in total. The molecule has 0 saturated carbocycles. The minimum atomic E-state index is -0.478. The predicted octanol–water partition coefficient (Wildman–Crippen LogP) is 1.98. The number of H-pyrrole nitrogens is 1. The van der Waals surface area contributed by atoms with Crippen LogP contribution in [-0.2, 0) is 0 Å². The Kier molecular flexibility index (Phi) is 3.84. The molecule has 1 amide bonds. The van der Waals surface area contributed by atoms with Crippen LogP contribution in [0.25, 0.3) is 10.9 Å². The molecular formula is C18H20FN3O2. The fraction of sp³-hybridized carbons (Fsp3) is 0.444. The molecule has 0 bridgehead atoms. The number of hydrogen-bond donors (Lipinski definition) is 1. The molecular weight excluding hydrogens is 309 g/mol. The van der Waals surface area contributed by atoms with E-state index in [-0.39, 0.29) is 16.9 Å². The molecule has 0 radical (unpaired) electrons. The molecule has 0 spiro atoms. The van der Waals surface area contributed by atoms with Crippen molar-refractivity contribution in [3.8, 4) is 0 Å². The lowest BCUT2D eigenvalue weighted by atomic mass is 9.99. The highest BCUT2D eigenvalue weighted by Crippen LogP contribution is 2.22. The highest BCUT2D eigenvalue weighted by atomic mass is 19.1. The first-order chi connectivity index (χ1) is 11.6. The fourth-order valence-corrected chi connectivity index (χ4v) is 3.86. The van der Waals surface area contributed by atoms with Gasteiger partial charge in [-0.25, -0.2) is 4.39 Å². The van der Waals surface area contributed by atoms with Crippen LogP contribution in [0, 0.1) is 5.82 Å². The number of pyridine rings is 1. The third kappa shape index (κ3) is 2.60. The predicted molar refractivity (Wildman–Crippen MR) is 89.6 cm³/mol. The van der Waals surface area contributed by atoms with Crippen LogP contribution in [0.1, 0.15) is 29.6 Å². The number of nitrogens with zero attached hydrogens (tertiary/aromatic N) is 2. The number of amides is 1. The Labute approximate surface area is 139 Å². The third-order valence-corrected chi connectivity index (χ3v) is 5.20. The van der Waals surface area contributed by atoms with Crippen LogP contribution in [0.15, 0.2) is 29.2 Å². The molecule has 2 aromatic rings. The van der Waals surface area contributed by atoms with Crippen molar-refractivity contribution in [2.24, 2.45) is 0 Å². The number of rotatable bonds is 1. The van der Waals surface area contributed by atoms with Crippen molar-refractivity contribution in [3.05, 3.63) is 46.0 Å². The van der Waals surface area contributed by atoms with Crippen LogP contribution < -0.4 is 5.43 Å². The van der Waals surface area contributed by atoms with Crippen molar-refractivity contribution >= 4 is 16.8 Å². The second kappa shape index (κ2) is 6.02. The van der Waals surface area contributed by atoms with Crippen molar-refractivity contribution < 1.29 is 9.18 Å². The first-order valence-corrected chi connectivity index (χ1v) is 8.48. The Hall–Kier alpha value is -2.21. The molecule has 3 heterocycles. The zero-order valence-corrected chi connectivity index (χ0v) is 13.4. The molecule has 2 fully saturated rings. The molecule has 2 aliphatic heterocycles. The first kappa shape index (κ1) is 15.3. The molecule has 24 heavy (non-hydrogen) atoms. The molecule has 4 rings (SSSR count). The smallest absolute Gasteiger partial charge is 0.259 e. The van der Waals surface area contributed by atoms with E-state index in [1.165, 1.54) is 37.2 Å². The molecule has 1 N–H and O–H groups in total. The number of hydrogen-bond acceptors (Lipinski definition) is 3. The number of fused-ring (bicyclic) bond motifs is 2. The normalized spacial score (nSPS) is 21.7. The molecule has 126 valence electrons. The van der Waals surface area contributed by atoms with E-state index in [9.17, 15) is 14.0 Å². The highest BCUT2D eigenvalue weighted by molar-refractivity contribution is 5.97. The van der Waals surface area contributed by atoms with Crippen LogP contribution in [0.3, 0.4) is 0 Å². The molecule has 0 unspecified atom stereocenters. The summed E-state index contributed by atoms with van der Waals surface area (Å²) in [6.07, 6.45) is 4.97. The van der Waals surface area contributed by atoms with Gasteiger partial charge in [-0.15, -0.1) is 0 Å². The van der Waals surface area contributed by atoms with Crippen LogP contribution in [-0.4, -0.2) is 52.9 Å². The van der Waals surface area contributed by atoms with Crippen molar-refractivity contribution in [2.45, 2.75) is 25.3 Å². The lowest BCUT2D eigenvalue weighted by Gasteiger charge is -2.44. The maximum Gasteiger partial charge on any atom is 0.259 e. The molecule has 2 saturated heterocycles. The maximum absolute atomic E-state index is 13.4. The zero-order chi connectivity index (χ0) is 16.7. The van der Waals surface area contributed by atoms with Gasteiger partial charge in [0.15, 0.2) is 0 Å². The van der Waals surface area contributed by atoms with E-state index >= 15 is 0 Å². The number of nitrogens with one attached hydrogen (secondary N) is 1. The van der Waals surface area contributed by atoms with E-state index in [4.69, 9.17) is 0 Å². The van der Waals surface area contributed by atoms with E-state index in [0.717, 1.165) is 19.5 Å². The topological polar surface area (TPSA) is 56.4 Å². The quantitative estimate of drug-likeness (QED) is 0.870. The van der Waals surface area contributed by atoms with Gasteiger partial charge in [0.1, 0.15) is 11.4 Å². The van der Waals surface area contributed by atoms with E-state index < -0.39 is 11.2 Å². The second-order valence-electron chi connectivity index (χ2n) is 6.66. The summed E-state index contributed by atoms with van der Waals surface area (Å²) >= 11 is 0. The van der Waals surface area contributed by atoms with E-state index in [1.807, 2.05) is 0 Å². The Morgan fingerprint density at radius 3 is 2.96 bits per heavy atom. The van der Waals surface area contributed by atoms with Crippen molar-refractivity contribution in [3.63, 3.8) is 0 Å². The van der Waals surface area contributed by atoms with E-state index in [0.29, 0.717) is 24.6 Å². The van der Waals surface area contributed by atoms with Gasteiger partial charge in [-0.1, -0.05) is 6.42 Å². The van der Waals surface area contributed by atoms with Gasteiger partial charge in [0.25, 0.3) is 5.91 Å². The summed E-state index contributed by atoms with van der Waals surface area (Å²) in [6, 6.07) is 4.39. The van der Waals surface area contributed by atoms with Gasteiger partial charge in [0.05, 0.1) is 0 Å². The monoisotopic (exact) mass is 329 g/mol. The number of halogens is 1. The zero-order valence-electron chi connectivity index (χ0n) is 13.4. The standard InChI is InChI=1S/C18H20FN3O2/c19-12-4-5-16-14(9-12)17(23)15(10-20-16)18(24)22-8-7-21-6-2-1-3-13(21)11-22/h4-5,9-10,13H,1-3,6-8,11H2,(H,20,23)/t13-/m1/s1. The lowest BCUT2D eigenvalue weighted by molar-refractivity contribution is 0.0371. The van der Waals surface area contributed by atoms with Gasteiger partial charge in [-0.3, -0.25) is 14.5 Å². The highest BCUT2D eigenvalue weighted by Gasteiger charge is 2.32. The van der Waals surface area contributed by atoms with Gasteiger partial charge in [0, 0.05) is 42.8 Å². The van der Waals surface area contributed by atoms with Crippen molar-refractivity contribution in [2.75, 3.05) is 26.2 Å². The fourth-order valence-electron chi connectivity index (χ4n) is 3.86.